The standard InChI is InChI=1S/C19H15FN4S/c20-18-11-10-15(16-8-4-5-9-17(16)18)13-25-19-21-22-23-24(19)12-14-6-2-1-3-7-14/h1-11H,12-13H2. The highest BCUT2D eigenvalue weighted by molar-refractivity contribution is 7.98. The predicted octanol–water partition coefficient (Wildman–Crippen LogP) is 4.31. The molecule has 3 aromatic carbocycles. The number of thioether (sulfide) groups is 1. The summed E-state index contributed by atoms with van der Waals surface area (Å²) in [7, 11) is 0. The highest BCUT2D eigenvalue weighted by Gasteiger charge is 2.10. The van der Waals surface area contributed by atoms with Gasteiger partial charge in [0.1, 0.15) is 5.82 Å². The second-order valence-corrected chi connectivity index (χ2v) is 6.59. The maximum atomic E-state index is 13.9. The second-order valence-electron chi connectivity index (χ2n) is 5.65. The maximum absolute atomic E-state index is 13.9. The van der Waals surface area contributed by atoms with E-state index in [1.54, 1.807) is 22.5 Å². The molecule has 4 rings (SSSR count). The number of hydrogen-bond donors (Lipinski definition) is 0. The minimum Gasteiger partial charge on any atom is -0.216 e. The highest BCUT2D eigenvalue weighted by atomic mass is 32.2. The average molecular weight is 350 g/mol. The van der Waals surface area contributed by atoms with Crippen LogP contribution in [0.2, 0.25) is 0 Å². The zero-order valence-corrected chi connectivity index (χ0v) is 14.2. The first-order valence-corrected chi connectivity index (χ1v) is 8.89. The van der Waals surface area contributed by atoms with Gasteiger partial charge in [-0.25, -0.2) is 9.07 Å². The van der Waals surface area contributed by atoms with Crippen molar-refractivity contribution in [1.29, 1.82) is 0 Å². The van der Waals surface area contributed by atoms with Crippen LogP contribution < -0.4 is 0 Å². The Morgan fingerprint density at radius 1 is 0.880 bits per heavy atom. The Kier molecular flexibility index (Phi) is 4.43. The van der Waals surface area contributed by atoms with Gasteiger partial charge in [0, 0.05) is 11.1 Å². The van der Waals surface area contributed by atoms with Gasteiger partial charge in [-0.1, -0.05) is 72.4 Å². The lowest BCUT2D eigenvalue weighted by Crippen LogP contribution is -2.03. The minimum atomic E-state index is -0.196. The summed E-state index contributed by atoms with van der Waals surface area (Å²) in [4.78, 5) is 0. The highest BCUT2D eigenvalue weighted by Crippen LogP contribution is 2.27. The molecule has 0 aliphatic rings. The molecule has 4 nitrogen and oxygen atoms in total. The van der Waals surface area contributed by atoms with E-state index >= 15 is 0 Å². The molecule has 0 saturated carbocycles. The van der Waals surface area contributed by atoms with E-state index in [4.69, 9.17) is 0 Å². The van der Waals surface area contributed by atoms with Gasteiger partial charge in [0.05, 0.1) is 6.54 Å². The molecule has 1 heterocycles. The summed E-state index contributed by atoms with van der Waals surface area (Å²) < 4.78 is 15.7. The molecule has 0 aliphatic carbocycles. The molecule has 0 atom stereocenters. The molecule has 0 spiro atoms. The third-order valence-corrected chi connectivity index (χ3v) is 5.00. The molecule has 6 heteroatoms. The van der Waals surface area contributed by atoms with Gasteiger partial charge in [-0.2, -0.15) is 0 Å². The second kappa shape index (κ2) is 7.03. The average Bonchev–Trinajstić information content (AvgIpc) is 3.09. The van der Waals surface area contributed by atoms with Crippen molar-refractivity contribution in [2.45, 2.75) is 17.5 Å². The number of halogens is 1. The van der Waals surface area contributed by atoms with Gasteiger partial charge < -0.3 is 0 Å². The molecule has 0 amide bonds. The molecule has 0 radical (unpaired) electrons. The molecule has 25 heavy (non-hydrogen) atoms. The molecule has 0 aliphatic heterocycles. The lowest BCUT2D eigenvalue weighted by molar-refractivity contribution is 0.603. The molecular formula is C19H15FN4S. The predicted molar refractivity (Wildman–Crippen MR) is 96.8 cm³/mol. The van der Waals surface area contributed by atoms with E-state index in [0.717, 1.165) is 21.7 Å². The Hall–Kier alpha value is -2.73. The Bertz CT molecular complexity index is 1000. The number of tetrazole rings is 1. The Morgan fingerprint density at radius 3 is 2.48 bits per heavy atom. The van der Waals surface area contributed by atoms with Crippen LogP contribution in [-0.4, -0.2) is 20.2 Å². The van der Waals surface area contributed by atoms with E-state index in [9.17, 15) is 4.39 Å². The van der Waals surface area contributed by atoms with Gasteiger partial charge in [0.2, 0.25) is 5.16 Å². The minimum absolute atomic E-state index is 0.196. The van der Waals surface area contributed by atoms with Gasteiger partial charge in [0.15, 0.2) is 0 Å². The van der Waals surface area contributed by atoms with Crippen molar-refractivity contribution in [3.63, 3.8) is 0 Å². The van der Waals surface area contributed by atoms with Crippen LogP contribution in [0.4, 0.5) is 4.39 Å². The monoisotopic (exact) mass is 350 g/mol. The summed E-state index contributed by atoms with van der Waals surface area (Å²) in [5, 5.41) is 14.3. The third kappa shape index (κ3) is 3.39. The van der Waals surface area contributed by atoms with Crippen molar-refractivity contribution >= 4 is 22.5 Å². The SMILES string of the molecule is Fc1ccc(CSc2nnnn2Cc2ccccc2)c2ccccc12. The summed E-state index contributed by atoms with van der Waals surface area (Å²) in [6, 6.07) is 20.9. The van der Waals surface area contributed by atoms with Crippen LogP contribution in [0, 0.1) is 5.82 Å². The summed E-state index contributed by atoms with van der Waals surface area (Å²) in [6.07, 6.45) is 0. The summed E-state index contributed by atoms with van der Waals surface area (Å²) in [6.45, 7) is 0.625. The van der Waals surface area contributed by atoms with Crippen molar-refractivity contribution in [2.24, 2.45) is 0 Å². The zero-order chi connectivity index (χ0) is 17.1. The lowest BCUT2D eigenvalue weighted by Gasteiger charge is -2.08. The third-order valence-electron chi connectivity index (χ3n) is 3.99. The van der Waals surface area contributed by atoms with Gasteiger partial charge in [0.25, 0.3) is 0 Å². The van der Waals surface area contributed by atoms with Gasteiger partial charge in [-0.15, -0.1) is 5.10 Å². The van der Waals surface area contributed by atoms with E-state index in [-0.39, 0.29) is 5.82 Å². The van der Waals surface area contributed by atoms with E-state index in [1.807, 2.05) is 54.6 Å². The Morgan fingerprint density at radius 2 is 1.64 bits per heavy atom. The molecule has 0 saturated heterocycles. The van der Waals surface area contributed by atoms with E-state index in [0.29, 0.717) is 17.7 Å². The van der Waals surface area contributed by atoms with Crippen LogP contribution >= 0.6 is 11.8 Å². The topological polar surface area (TPSA) is 43.6 Å². The van der Waals surface area contributed by atoms with Gasteiger partial charge in [-0.05, 0) is 33.0 Å². The first-order valence-electron chi connectivity index (χ1n) is 7.90. The van der Waals surface area contributed by atoms with Gasteiger partial charge in [-0.3, -0.25) is 0 Å². The summed E-state index contributed by atoms with van der Waals surface area (Å²) in [5.41, 5.74) is 2.21. The number of rotatable bonds is 5. The van der Waals surface area contributed by atoms with Crippen LogP contribution in [0.3, 0.4) is 0 Å². The van der Waals surface area contributed by atoms with Crippen molar-refractivity contribution < 1.29 is 4.39 Å². The first kappa shape index (κ1) is 15.8. The maximum Gasteiger partial charge on any atom is 0.209 e. The molecule has 0 unspecified atom stereocenters. The fourth-order valence-corrected chi connectivity index (χ4v) is 3.63. The molecule has 0 N–H and O–H groups in total. The Balaban J connectivity index is 1.55. The fraction of sp³-hybridized carbons (Fsp3) is 0.105. The number of hydrogen-bond acceptors (Lipinski definition) is 4. The Labute approximate surface area is 148 Å². The first-order chi connectivity index (χ1) is 12.3. The molecule has 1 aromatic heterocycles. The van der Waals surface area contributed by atoms with Crippen molar-refractivity contribution in [3.05, 3.63) is 83.7 Å². The molecular weight excluding hydrogens is 335 g/mol. The van der Waals surface area contributed by atoms with Crippen molar-refractivity contribution in [1.82, 2.24) is 20.2 Å². The van der Waals surface area contributed by atoms with Crippen LogP contribution in [-0.2, 0) is 12.3 Å². The van der Waals surface area contributed by atoms with E-state index in [2.05, 4.69) is 15.5 Å². The van der Waals surface area contributed by atoms with Crippen LogP contribution in [0.25, 0.3) is 10.8 Å². The number of benzene rings is 3. The van der Waals surface area contributed by atoms with E-state index in [1.165, 1.54) is 6.07 Å². The van der Waals surface area contributed by atoms with Crippen LogP contribution in [0.5, 0.6) is 0 Å². The quantitative estimate of drug-likeness (QED) is 0.503. The van der Waals surface area contributed by atoms with Crippen molar-refractivity contribution in [3.8, 4) is 0 Å². The number of nitrogens with zero attached hydrogens (tertiary/aromatic N) is 4. The summed E-state index contributed by atoms with van der Waals surface area (Å²) >= 11 is 1.55. The molecule has 124 valence electrons. The zero-order valence-electron chi connectivity index (χ0n) is 13.3. The normalized spacial score (nSPS) is 11.1. The molecule has 0 bridgehead atoms. The van der Waals surface area contributed by atoms with Crippen LogP contribution in [0.15, 0.2) is 71.9 Å². The molecule has 0 fully saturated rings. The largest absolute Gasteiger partial charge is 0.216 e. The van der Waals surface area contributed by atoms with Crippen LogP contribution in [0.1, 0.15) is 11.1 Å². The lowest BCUT2D eigenvalue weighted by atomic mass is 10.1. The number of aromatic nitrogens is 4. The summed E-state index contributed by atoms with van der Waals surface area (Å²) in [5.74, 6) is 0.480. The van der Waals surface area contributed by atoms with E-state index < -0.39 is 0 Å². The van der Waals surface area contributed by atoms with Gasteiger partial charge >= 0.3 is 0 Å². The smallest absolute Gasteiger partial charge is 0.209 e. The fourth-order valence-electron chi connectivity index (χ4n) is 2.75. The van der Waals surface area contributed by atoms with Crippen molar-refractivity contribution in [2.75, 3.05) is 0 Å². The molecule has 4 aromatic rings. The number of fused-ring (bicyclic) bond motifs is 1.